The van der Waals surface area contributed by atoms with Gasteiger partial charge >= 0.3 is 0 Å². The molecule has 0 atom stereocenters. The minimum atomic E-state index is -0.0863. The largest absolute Gasteiger partial charge is 0.399 e. The summed E-state index contributed by atoms with van der Waals surface area (Å²) in [6.45, 7) is 4.46. The summed E-state index contributed by atoms with van der Waals surface area (Å²) >= 11 is 1.62. The van der Waals surface area contributed by atoms with Gasteiger partial charge in [0.25, 0.3) is 5.91 Å². The first-order chi connectivity index (χ1) is 9.06. The Labute approximate surface area is 116 Å². The predicted molar refractivity (Wildman–Crippen MR) is 78.5 cm³/mol. The van der Waals surface area contributed by atoms with Gasteiger partial charge in [-0.15, -0.1) is 11.3 Å². The van der Waals surface area contributed by atoms with Crippen molar-refractivity contribution in [1.29, 1.82) is 0 Å². The molecule has 0 saturated carbocycles. The zero-order valence-electron chi connectivity index (χ0n) is 11.1. The summed E-state index contributed by atoms with van der Waals surface area (Å²) in [5.74, 6) is -0.0863. The molecule has 0 aliphatic carbocycles. The normalized spacial score (nSPS) is 10.4. The maximum atomic E-state index is 12.0. The van der Waals surface area contributed by atoms with Gasteiger partial charge in [-0.1, -0.05) is 6.07 Å². The molecule has 0 saturated heterocycles. The second-order valence-electron chi connectivity index (χ2n) is 4.44. The zero-order valence-corrected chi connectivity index (χ0v) is 11.9. The molecule has 4 nitrogen and oxygen atoms in total. The smallest absolute Gasteiger partial charge is 0.251 e. The average Bonchev–Trinajstić information content (AvgIpc) is 2.78. The van der Waals surface area contributed by atoms with Gasteiger partial charge in [0.1, 0.15) is 0 Å². The van der Waals surface area contributed by atoms with Crippen LogP contribution < -0.4 is 11.1 Å². The van der Waals surface area contributed by atoms with Crippen LogP contribution in [0.25, 0.3) is 0 Å². The molecule has 0 fully saturated rings. The second-order valence-corrected chi connectivity index (χ2v) is 5.50. The van der Waals surface area contributed by atoms with E-state index in [-0.39, 0.29) is 5.91 Å². The highest BCUT2D eigenvalue weighted by Gasteiger charge is 2.09. The lowest BCUT2D eigenvalue weighted by Crippen LogP contribution is -2.26. The number of aryl methyl sites for hydroxylation is 2. The Hall–Kier alpha value is -1.88. The maximum absolute atomic E-state index is 12.0. The third-order valence-corrected chi connectivity index (χ3v) is 3.66. The summed E-state index contributed by atoms with van der Waals surface area (Å²) in [4.78, 5) is 16.4. The van der Waals surface area contributed by atoms with Crippen molar-refractivity contribution in [2.75, 3.05) is 12.3 Å². The number of nitrogens with one attached hydrogen (secondary N) is 1. The summed E-state index contributed by atoms with van der Waals surface area (Å²) < 4.78 is 0. The number of anilines is 1. The number of hydrogen-bond donors (Lipinski definition) is 2. The highest BCUT2D eigenvalue weighted by molar-refractivity contribution is 7.09. The third kappa shape index (κ3) is 3.54. The first-order valence-electron chi connectivity index (χ1n) is 6.11. The van der Waals surface area contributed by atoms with Crippen molar-refractivity contribution in [3.8, 4) is 0 Å². The Bertz CT molecular complexity index is 592. The van der Waals surface area contributed by atoms with Crippen LogP contribution in [0.1, 0.15) is 26.6 Å². The highest BCUT2D eigenvalue weighted by atomic mass is 32.1. The molecule has 0 aliphatic rings. The molecule has 1 aromatic carbocycles. The fourth-order valence-corrected chi connectivity index (χ4v) is 2.45. The molecule has 3 N–H and O–H groups in total. The highest BCUT2D eigenvalue weighted by Crippen LogP contribution is 2.12. The van der Waals surface area contributed by atoms with E-state index in [9.17, 15) is 4.79 Å². The van der Waals surface area contributed by atoms with Crippen LogP contribution in [0.5, 0.6) is 0 Å². The van der Waals surface area contributed by atoms with Crippen molar-refractivity contribution in [1.82, 2.24) is 10.3 Å². The van der Waals surface area contributed by atoms with Crippen molar-refractivity contribution in [3.63, 3.8) is 0 Å². The first-order valence-corrected chi connectivity index (χ1v) is 6.99. The Morgan fingerprint density at radius 2 is 2.21 bits per heavy atom. The number of carbonyl (C=O) groups excluding carboxylic acids is 1. The maximum Gasteiger partial charge on any atom is 0.251 e. The van der Waals surface area contributed by atoms with Gasteiger partial charge in [-0.05, 0) is 31.5 Å². The zero-order chi connectivity index (χ0) is 13.8. The summed E-state index contributed by atoms with van der Waals surface area (Å²) in [7, 11) is 0. The van der Waals surface area contributed by atoms with Crippen LogP contribution in [0.15, 0.2) is 23.6 Å². The van der Waals surface area contributed by atoms with Gasteiger partial charge in [0.05, 0.1) is 10.7 Å². The quantitative estimate of drug-likeness (QED) is 0.841. The number of carbonyl (C=O) groups is 1. The number of nitrogens with two attached hydrogens (primary N) is 1. The molecule has 2 rings (SSSR count). The molecule has 0 unspecified atom stereocenters. The van der Waals surface area contributed by atoms with Gasteiger partial charge in [-0.2, -0.15) is 0 Å². The lowest BCUT2D eigenvalue weighted by molar-refractivity contribution is 0.0953. The molecule has 5 heteroatoms. The topological polar surface area (TPSA) is 68.0 Å². The molecular formula is C14H17N3OS. The van der Waals surface area contributed by atoms with Gasteiger partial charge in [0, 0.05) is 29.6 Å². The molecule has 19 heavy (non-hydrogen) atoms. The van der Waals surface area contributed by atoms with Gasteiger partial charge in [-0.3, -0.25) is 4.79 Å². The van der Waals surface area contributed by atoms with E-state index in [1.165, 1.54) is 0 Å². The van der Waals surface area contributed by atoms with Crippen LogP contribution >= 0.6 is 11.3 Å². The molecule has 100 valence electrons. The third-order valence-electron chi connectivity index (χ3n) is 2.84. The molecule has 0 radical (unpaired) electrons. The molecular weight excluding hydrogens is 258 g/mol. The van der Waals surface area contributed by atoms with Crippen molar-refractivity contribution in [2.24, 2.45) is 0 Å². The Morgan fingerprint density at radius 1 is 1.42 bits per heavy atom. The number of thiazole rings is 1. The number of nitrogen functional groups attached to an aromatic ring is 1. The Morgan fingerprint density at radius 3 is 2.89 bits per heavy atom. The molecule has 1 amide bonds. The van der Waals surface area contributed by atoms with Crippen LogP contribution in [-0.2, 0) is 6.42 Å². The first kappa shape index (κ1) is 13.5. The van der Waals surface area contributed by atoms with Crippen LogP contribution in [0, 0.1) is 13.8 Å². The number of aromatic nitrogens is 1. The summed E-state index contributed by atoms with van der Waals surface area (Å²) in [6, 6.07) is 5.36. The van der Waals surface area contributed by atoms with Gasteiger partial charge in [0.15, 0.2) is 0 Å². The van der Waals surface area contributed by atoms with E-state index in [0.29, 0.717) is 17.8 Å². The van der Waals surface area contributed by atoms with E-state index in [1.807, 2.05) is 25.3 Å². The van der Waals surface area contributed by atoms with E-state index in [1.54, 1.807) is 23.5 Å². The summed E-state index contributed by atoms with van der Waals surface area (Å²) in [5.41, 5.74) is 8.88. The monoisotopic (exact) mass is 275 g/mol. The van der Waals surface area contributed by atoms with Crippen molar-refractivity contribution >= 4 is 22.9 Å². The summed E-state index contributed by atoms with van der Waals surface area (Å²) in [6.07, 6.45) is 0.747. The predicted octanol–water partition coefficient (Wildman–Crippen LogP) is 2.31. The van der Waals surface area contributed by atoms with E-state index >= 15 is 0 Å². The SMILES string of the molecule is Cc1nc(CCNC(=O)c2cc(N)ccc2C)cs1. The number of benzene rings is 1. The lowest BCUT2D eigenvalue weighted by atomic mass is 10.1. The average molecular weight is 275 g/mol. The molecule has 0 aliphatic heterocycles. The molecule has 0 bridgehead atoms. The lowest BCUT2D eigenvalue weighted by Gasteiger charge is -2.07. The Balaban J connectivity index is 1.92. The van der Waals surface area contributed by atoms with Crippen LogP contribution in [0.4, 0.5) is 5.69 Å². The minimum absolute atomic E-state index is 0.0863. The fraction of sp³-hybridized carbons (Fsp3) is 0.286. The molecule has 1 heterocycles. The van der Waals surface area contributed by atoms with Crippen LogP contribution in [0.3, 0.4) is 0 Å². The van der Waals surface area contributed by atoms with Gasteiger partial charge in [-0.25, -0.2) is 4.98 Å². The van der Waals surface area contributed by atoms with Gasteiger partial charge < -0.3 is 11.1 Å². The fourth-order valence-electron chi connectivity index (χ4n) is 1.81. The van der Waals surface area contributed by atoms with Crippen molar-refractivity contribution in [2.45, 2.75) is 20.3 Å². The molecule has 2 aromatic rings. The standard InChI is InChI=1S/C14H17N3OS/c1-9-3-4-11(15)7-13(9)14(18)16-6-5-12-8-19-10(2)17-12/h3-4,7-8H,5-6,15H2,1-2H3,(H,16,18). The minimum Gasteiger partial charge on any atom is -0.399 e. The number of amides is 1. The van der Waals surface area contributed by atoms with Crippen molar-refractivity contribution < 1.29 is 4.79 Å². The second kappa shape index (κ2) is 5.84. The number of rotatable bonds is 4. The molecule has 1 aromatic heterocycles. The van der Waals surface area contributed by atoms with E-state index in [2.05, 4.69) is 10.3 Å². The van der Waals surface area contributed by atoms with E-state index in [4.69, 9.17) is 5.73 Å². The number of nitrogens with zero attached hydrogens (tertiary/aromatic N) is 1. The number of hydrogen-bond acceptors (Lipinski definition) is 4. The van der Waals surface area contributed by atoms with E-state index in [0.717, 1.165) is 22.7 Å². The van der Waals surface area contributed by atoms with Crippen molar-refractivity contribution in [3.05, 3.63) is 45.4 Å². The summed E-state index contributed by atoms with van der Waals surface area (Å²) in [5, 5.41) is 5.97. The Kier molecular flexibility index (Phi) is 4.16. The van der Waals surface area contributed by atoms with E-state index < -0.39 is 0 Å². The molecule has 0 spiro atoms. The van der Waals surface area contributed by atoms with Crippen LogP contribution in [-0.4, -0.2) is 17.4 Å². The van der Waals surface area contributed by atoms with Crippen LogP contribution in [0.2, 0.25) is 0 Å². The van der Waals surface area contributed by atoms with Gasteiger partial charge in [0.2, 0.25) is 0 Å².